The number of aromatic nitrogens is 2. The van der Waals surface area contributed by atoms with Gasteiger partial charge >= 0.3 is 6.03 Å². The van der Waals surface area contributed by atoms with Gasteiger partial charge in [-0.2, -0.15) is 0 Å². The molecule has 2 amide bonds. The number of carbonyl (C=O) groups is 1. The van der Waals surface area contributed by atoms with Crippen LogP contribution in [0.3, 0.4) is 0 Å². The molecule has 1 fully saturated rings. The second-order valence-electron chi connectivity index (χ2n) is 9.33. The zero-order valence-electron chi connectivity index (χ0n) is 22.1. The fourth-order valence-electron chi connectivity index (χ4n) is 4.99. The lowest BCUT2D eigenvalue weighted by Gasteiger charge is -2.28. The van der Waals surface area contributed by atoms with Gasteiger partial charge in [-0.1, -0.05) is 31.0 Å². The number of nitrogens with two attached hydrogens (primary N) is 1. The first kappa shape index (κ1) is 27.0. The maximum atomic E-state index is 12.8. The first-order valence-corrected chi connectivity index (χ1v) is 13.9. The Balaban J connectivity index is 1.64. The van der Waals surface area contributed by atoms with Crippen LogP contribution in [0.1, 0.15) is 25.7 Å². The monoisotopic (exact) mass is 562 g/mol. The molecule has 0 spiro atoms. The fourth-order valence-corrected chi connectivity index (χ4v) is 5.59. The van der Waals surface area contributed by atoms with E-state index < -0.39 is 16.9 Å². The molecule has 3 aromatic carbocycles. The molecule has 0 aliphatic heterocycles. The summed E-state index contributed by atoms with van der Waals surface area (Å²) >= 11 is 0. The van der Waals surface area contributed by atoms with Gasteiger partial charge in [0.25, 0.3) is 0 Å². The third-order valence-electron chi connectivity index (χ3n) is 6.81. The fraction of sp³-hybridized carbons (Fsp3) is 0.250. The molecule has 1 aliphatic rings. The van der Waals surface area contributed by atoms with Crippen molar-refractivity contribution in [2.45, 2.75) is 31.7 Å². The summed E-state index contributed by atoms with van der Waals surface area (Å²) in [5.74, 6) is 1.33. The van der Waals surface area contributed by atoms with Crippen LogP contribution in [-0.2, 0) is 10.9 Å². The third-order valence-corrected chi connectivity index (χ3v) is 7.56. The zero-order chi connectivity index (χ0) is 28.2. The van der Waals surface area contributed by atoms with Crippen LogP contribution < -0.4 is 29.7 Å². The Labute approximate surface area is 233 Å². The van der Waals surface area contributed by atoms with Gasteiger partial charge in [0, 0.05) is 35.6 Å². The van der Waals surface area contributed by atoms with Crippen molar-refractivity contribution in [2.75, 3.05) is 28.7 Å². The summed E-state index contributed by atoms with van der Waals surface area (Å²) in [5, 5.41) is 3.19. The number of hydrogen-bond donors (Lipinski definition) is 3. The van der Waals surface area contributed by atoms with E-state index in [-0.39, 0.29) is 23.4 Å². The second kappa shape index (κ2) is 11.7. The molecule has 40 heavy (non-hydrogen) atoms. The number of benzene rings is 3. The van der Waals surface area contributed by atoms with E-state index in [2.05, 4.69) is 5.32 Å². The molecule has 0 saturated heterocycles. The van der Waals surface area contributed by atoms with E-state index in [0.29, 0.717) is 33.9 Å². The Morgan fingerprint density at radius 2 is 1.52 bits per heavy atom. The molecule has 0 unspecified atom stereocenters. The van der Waals surface area contributed by atoms with Gasteiger partial charge in [0.05, 0.1) is 30.9 Å². The number of carbonyl (C=O) groups excluding carboxylic acids is 1. The van der Waals surface area contributed by atoms with Crippen LogP contribution in [0.15, 0.2) is 66.7 Å². The normalized spacial score (nSPS) is 13.4. The number of hydrogen-bond acceptors (Lipinski definition) is 8. The Hall–Kier alpha value is -4.58. The summed E-state index contributed by atoms with van der Waals surface area (Å²) in [5.41, 5.74) is 8.20. The maximum absolute atomic E-state index is 12.8. The zero-order valence-corrected chi connectivity index (χ0v) is 23.0. The minimum absolute atomic E-state index is 0.0389. The van der Waals surface area contributed by atoms with Crippen LogP contribution in [0.2, 0.25) is 0 Å². The lowest BCUT2D eigenvalue weighted by atomic mass is 10.1. The molecule has 5 rings (SSSR count). The summed E-state index contributed by atoms with van der Waals surface area (Å²) < 4.78 is 37.5. The molecule has 0 atom stereocenters. The molecule has 1 saturated carbocycles. The standard InChI is InChI=1S/C28H30N6O5S/c1-38-22-14-18(15-23(17-22)39-2)30-26-27(32-25-13-6-5-12-24(25)31-26)34(40(36)37)21-11-7-10-20(16-21)33(28(29)35)19-8-3-4-9-19/h5-7,10-17,19,40H,3-4,8-9H2,1-2H3,(H2,29,35)(H,30,31). The number of anilines is 5. The molecule has 208 valence electrons. The van der Waals surface area contributed by atoms with E-state index in [1.807, 2.05) is 6.07 Å². The highest BCUT2D eigenvalue weighted by Crippen LogP contribution is 2.37. The van der Waals surface area contributed by atoms with Crippen LogP contribution in [-0.4, -0.2) is 44.7 Å². The van der Waals surface area contributed by atoms with Gasteiger partial charge in [0.1, 0.15) is 11.5 Å². The number of nitrogens with one attached hydrogen (secondary N) is 1. The van der Waals surface area contributed by atoms with E-state index in [9.17, 15) is 13.2 Å². The van der Waals surface area contributed by atoms with E-state index in [4.69, 9.17) is 25.2 Å². The van der Waals surface area contributed by atoms with Gasteiger partial charge in [0.15, 0.2) is 11.6 Å². The number of urea groups is 1. The topological polar surface area (TPSA) is 140 Å². The van der Waals surface area contributed by atoms with Crippen molar-refractivity contribution in [3.05, 3.63) is 66.7 Å². The largest absolute Gasteiger partial charge is 0.497 e. The molecule has 0 radical (unpaired) electrons. The van der Waals surface area contributed by atoms with Crippen molar-refractivity contribution in [2.24, 2.45) is 5.73 Å². The maximum Gasteiger partial charge on any atom is 0.319 e. The van der Waals surface area contributed by atoms with E-state index in [0.717, 1.165) is 30.0 Å². The first-order chi connectivity index (χ1) is 19.4. The van der Waals surface area contributed by atoms with Gasteiger partial charge in [-0.3, -0.25) is 4.90 Å². The van der Waals surface area contributed by atoms with Crippen molar-refractivity contribution >= 4 is 56.7 Å². The van der Waals surface area contributed by atoms with Gasteiger partial charge in [-0.15, -0.1) is 0 Å². The number of rotatable bonds is 9. The molecule has 1 aliphatic carbocycles. The summed E-state index contributed by atoms with van der Waals surface area (Å²) in [6.45, 7) is 0. The number of nitrogens with zero attached hydrogens (tertiary/aromatic N) is 4. The van der Waals surface area contributed by atoms with Crippen molar-refractivity contribution in [1.29, 1.82) is 0 Å². The predicted octanol–water partition coefficient (Wildman–Crippen LogP) is 4.88. The van der Waals surface area contributed by atoms with E-state index in [1.165, 1.54) is 14.2 Å². The second-order valence-corrected chi connectivity index (χ2v) is 10.2. The molecule has 1 heterocycles. The van der Waals surface area contributed by atoms with Gasteiger partial charge in [-0.05, 0) is 43.2 Å². The highest BCUT2D eigenvalue weighted by Gasteiger charge is 2.28. The average Bonchev–Trinajstić information content (AvgIpc) is 3.47. The first-order valence-electron chi connectivity index (χ1n) is 12.8. The van der Waals surface area contributed by atoms with E-state index in [1.54, 1.807) is 65.6 Å². The predicted molar refractivity (Wildman–Crippen MR) is 156 cm³/mol. The Morgan fingerprint density at radius 3 is 2.12 bits per heavy atom. The van der Waals surface area contributed by atoms with Crippen LogP contribution in [0, 0.1) is 0 Å². The van der Waals surface area contributed by atoms with E-state index >= 15 is 0 Å². The molecular formula is C28H30N6O5S. The number of amides is 2. The summed E-state index contributed by atoms with van der Waals surface area (Å²) in [6, 6.07) is 18.4. The van der Waals surface area contributed by atoms with Crippen molar-refractivity contribution in [3.8, 4) is 11.5 Å². The smallest absolute Gasteiger partial charge is 0.319 e. The van der Waals surface area contributed by atoms with Crippen LogP contribution >= 0.6 is 0 Å². The molecule has 3 N–H and O–H groups in total. The van der Waals surface area contributed by atoms with Crippen LogP contribution in [0.25, 0.3) is 11.0 Å². The lowest BCUT2D eigenvalue weighted by Crippen LogP contribution is -2.42. The lowest BCUT2D eigenvalue weighted by molar-refractivity contribution is 0.251. The van der Waals surface area contributed by atoms with Gasteiger partial charge in [-0.25, -0.2) is 27.5 Å². The Bertz CT molecular complexity index is 1590. The average molecular weight is 563 g/mol. The SMILES string of the molecule is COc1cc(Nc2nc3ccccc3nc2N(c2cccc(N(C(N)=O)C3CCCC3)c2)[SH](=O)=O)cc(OC)c1. The third kappa shape index (κ3) is 5.57. The molecule has 0 bridgehead atoms. The molecule has 12 heteroatoms. The summed E-state index contributed by atoms with van der Waals surface area (Å²) in [7, 11) is -0.153. The Kier molecular flexibility index (Phi) is 7.87. The summed E-state index contributed by atoms with van der Waals surface area (Å²) in [4.78, 5) is 23.4. The number of thiol groups is 1. The minimum atomic E-state index is -3.23. The number of ether oxygens (including phenoxy) is 2. The highest BCUT2D eigenvalue weighted by atomic mass is 32.2. The molecular weight excluding hydrogens is 532 g/mol. The van der Waals surface area contributed by atoms with Gasteiger partial charge in [0.2, 0.25) is 10.9 Å². The van der Waals surface area contributed by atoms with Gasteiger partial charge < -0.3 is 20.5 Å². The Morgan fingerprint density at radius 1 is 0.900 bits per heavy atom. The minimum Gasteiger partial charge on any atom is -0.497 e. The quantitative estimate of drug-likeness (QED) is 0.245. The number of fused-ring (bicyclic) bond motifs is 1. The molecule has 1 aromatic heterocycles. The molecule has 11 nitrogen and oxygen atoms in total. The van der Waals surface area contributed by atoms with Crippen LogP contribution in [0.4, 0.5) is 33.5 Å². The number of methoxy groups -OCH3 is 2. The van der Waals surface area contributed by atoms with Crippen LogP contribution in [0.5, 0.6) is 11.5 Å². The number of primary amides is 1. The van der Waals surface area contributed by atoms with Crippen molar-refractivity contribution in [3.63, 3.8) is 0 Å². The highest BCUT2D eigenvalue weighted by molar-refractivity contribution is 7.74. The van der Waals surface area contributed by atoms with Crippen molar-refractivity contribution in [1.82, 2.24) is 9.97 Å². The molecule has 4 aromatic rings. The summed E-state index contributed by atoms with van der Waals surface area (Å²) in [6.07, 6.45) is 3.68. The number of para-hydroxylation sites is 2. The van der Waals surface area contributed by atoms with Crippen molar-refractivity contribution < 1.29 is 22.7 Å².